The van der Waals surface area contributed by atoms with Gasteiger partial charge in [-0.1, -0.05) is 6.07 Å². The van der Waals surface area contributed by atoms with Crippen molar-refractivity contribution in [2.75, 3.05) is 6.54 Å². The molecule has 3 rings (SSSR count). The van der Waals surface area contributed by atoms with Gasteiger partial charge in [0.2, 0.25) is 0 Å². The number of nitrogens with two attached hydrogens (primary N) is 1. The summed E-state index contributed by atoms with van der Waals surface area (Å²) >= 11 is 6.32. The van der Waals surface area contributed by atoms with Crippen LogP contribution < -0.4 is 11.2 Å². The number of hydrogen-bond donors (Lipinski definition) is 1. The third-order valence-corrected chi connectivity index (χ3v) is 3.97. The van der Waals surface area contributed by atoms with Crippen LogP contribution in [0.15, 0.2) is 45.6 Å². The van der Waals surface area contributed by atoms with E-state index < -0.39 is 0 Å². The molecule has 0 bridgehead atoms. The van der Waals surface area contributed by atoms with Crippen LogP contribution in [0.1, 0.15) is 18.4 Å². The average Bonchev–Trinajstić information content (AvgIpc) is 2.51. The van der Waals surface area contributed by atoms with Gasteiger partial charge < -0.3 is 10.2 Å². The van der Waals surface area contributed by atoms with Gasteiger partial charge in [0, 0.05) is 11.4 Å². The molecule has 1 aromatic carbocycles. The Morgan fingerprint density at radius 3 is 2.91 bits per heavy atom. The van der Waals surface area contributed by atoms with Gasteiger partial charge in [0.25, 0.3) is 0 Å². The Morgan fingerprint density at radius 2 is 2.09 bits per heavy atom. The molecular formula is C17H17ClN2O2. The second-order valence-corrected chi connectivity index (χ2v) is 5.99. The van der Waals surface area contributed by atoms with E-state index in [1.54, 1.807) is 6.07 Å². The first-order valence-corrected chi connectivity index (χ1v) is 7.77. The largest absolute Gasteiger partial charge is 0.453 e. The van der Waals surface area contributed by atoms with Crippen molar-refractivity contribution in [2.24, 2.45) is 5.73 Å². The second-order valence-electron chi connectivity index (χ2n) is 5.38. The van der Waals surface area contributed by atoms with Crippen LogP contribution in [0.3, 0.4) is 0 Å². The molecule has 0 amide bonds. The predicted octanol–water partition coefficient (Wildman–Crippen LogP) is 3.18. The van der Waals surface area contributed by atoms with Crippen LogP contribution in [-0.4, -0.2) is 16.9 Å². The van der Waals surface area contributed by atoms with E-state index in [0.717, 1.165) is 30.3 Å². The molecule has 1 aliphatic heterocycles. The molecule has 0 radical (unpaired) electrons. The number of nitrogens with zero attached hydrogens (tertiary/aromatic N) is 1. The summed E-state index contributed by atoms with van der Waals surface area (Å²) in [4.78, 5) is 15.9. The van der Waals surface area contributed by atoms with E-state index in [-0.39, 0.29) is 10.8 Å². The van der Waals surface area contributed by atoms with Crippen LogP contribution in [-0.2, 0) is 6.42 Å². The Morgan fingerprint density at radius 1 is 1.23 bits per heavy atom. The monoisotopic (exact) mass is 316 g/mol. The summed E-state index contributed by atoms with van der Waals surface area (Å²) < 4.78 is 5.80. The second kappa shape index (κ2) is 6.46. The molecular weight excluding hydrogens is 300 g/mol. The summed E-state index contributed by atoms with van der Waals surface area (Å²) in [6.45, 7) is 0.656. The SMILES string of the molecule is NCCCC(Cl)Cc1ccc2nc3ccc(=O)cc-3oc2c1. The summed E-state index contributed by atoms with van der Waals surface area (Å²) in [6, 6.07) is 10.5. The quantitative estimate of drug-likeness (QED) is 0.580. The number of halogens is 1. The maximum absolute atomic E-state index is 11.4. The fraction of sp³-hybridized carbons (Fsp3) is 0.294. The van der Waals surface area contributed by atoms with Crippen molar-refractivity contribution in [1.29, 1.82) is 0 Å². The topological polar surface area (TPSA) is 69.1 Å². The molecule has 0 spiro atoms. The maximum Gasteiger partial charge on any atom is 0.182 e. The Kier molecular flexibility index (Phi) is 4.41. The number of alkyl halides is 1. The number of aromatic nitrogens is 1. The molecule has 1 unspecified atom stereocenters. The molecule has 114 valence electrons. The third kappa shape index (κ3) is 3.29. The van der Waals surface area contributed by atoms with Gasteiger partial charge in [-0.2, -0.15) is 0 Å². The molecule has 0 saturated carbocycles. The van der Waals surface area contributed by atoms with Crippen LogP contribution in [0.5, 0.6) is 0 Å². The minimum atomic E-state index is -0.0869. The predicted molar refractivity (Wildman–Crippen MR) is 88.5 cm³/mol. The van der Waals surface area contributed by atoms with Crippen molar-refractivity contribution in [3.8, 4) is 11.5 Å². The van der Waals surface area contributed by atoms with Gasteiger partial charge in [-0.15, -0.1) is 11.6 Å². The highest BCUT2D eigenvalue weighted by Gasteiger charge is 2.11. The fourth-order valence-corrected chi connectivity index (χ4v) is 2.81. The first kappa shape index (κ1) is 15.0. The summed E-state index contributed by atoms with van der Waals surface area (Å²) in [5.74, 6) is 0.503. The van der Waals surface area contributed by atoms with Crippen molar-refractivity contribution >= 4 is 22.7 Å². The van der Waals surface area contributed by atoms with Crippen molar-refractivity contribution in [3.63, 3.8) is 0 Å². The van der Waals surface area contributed by atoms with Crippen LogP contribution in [0.2, 0.25) is 0 Å². The van der Waals surface area contributed by atoms with Gasteiger partial charge in [0.05, 0.1) is 0 Å². The lowest BCUT2D eigenvalue weighted by atomic mass is 10.1. The third-order valence-electron chi connectivity index (χ3n) is 3.59. The maximum atomic E-state index is 11.4. The minimum Gasteiger partial charge on any atom is -0.453 e. The van der Waals surface area contributed by atoms with Gasteiger partial charge >= 0.3 is 0 Å². The molecule has 0 saturated heterocycles. The van der Waals surface area contributed by atoms with Gasteiger partial charge in [-0.25, -0.2) is 4.98 Å². The zero-order valence-electron chi connectivity index (χ0n) is 12.1. The highest BCUT2D eigenvalue weighted by molar-refractivity contribution is 6.20. The normalized spacial score (nSPS) is 12.8. The molecule has 4 nitrogen and oxygen atoms in total. The highest BCUT2D eigenvalue weighted by Crippen LogP contribution is 2.25. The van der Waals surface area contributed by atoms with Crippen LogP contribution in [0.25, 0.3) is 22.6 Å². The van der Waals surface area contributed by atoms with Gasteiger partial charge in [0.1, 0.15) is 11.2 Å². The first-order valence-electron chi connectivity index (χ1n) is 7.33. The van der Waals surface area contributed by atoms with E-state index in [4.69, 9.17) is 21.8 Å². The van der Waals surface area contributed by atoms with E-state index in [0.29, 0.717) is 23.6 Å². The Labute approximate surface area is 133 Å². The Bertz CT molecular complexity index is 815. The smallest absolute Gasteiger partial charge is 0.182 e. The summed E-state index contributed by atoms with van der Waals surface area (Å²) in [6.07, 6.45) is 2.57. The first-order chi connectivity index (χ1) is 10.7. The number of hydrogen-bond acceptors (Lipinski definition) is 4. The number of fused-ring (bicyclic) bond motifs is 2. The molecule has 0 fully saturated rings. The van der Waals surface area contributed by atoms with Crippen molar-refractivity contribution in [2.45, 2.75) is 24.6 Å². The lowest BCUT2D eigenvalue weighted by Gasteiger charge is -2.10. The molecule has 1 aromatic rings. The zero-order valence-corrected chi connectivity index (χ0v) is 12.8. The fourth-order valence-electron chi connectivity index (χ4n) is 2.47. The molecule has 22 heavy (non-hydrogen) atoms. The number of benzene rings is 2. The van der Waals surface area contributed by atoms with E-state index >= 15 is 0 Å². The van der Waals surface area contributed by atoms with Gasteiger partial charge in [-0.3, -0.25) is 4.79 Å². The molecule has 5 heteroatoms. The van der Waals surface area contributed by atoms with Crippen molar-refractivity contribution in [3.05, 3.63) is 52.2 Å². The van der Waals surface area contributed by atoms with Gasteiger partial charge in [-0.05, 0) is 55.6 Å². The Balaban J connectivity index is 1.93. The van der Waals surface area contributed by atoms with E-state index in [2.05, 4.69) is 4.98 Å². The highest BCUT2D eigenvalue weighted by atomic mass is 35.5. The van der Waals surface area contributed by atoms with E-state index in [1.165, 1.54) is 12.1 Å². The Hall–Kier alpha value is -1.91. The van der Waals surface area contributed by atoms with Crippen molar-refractivity contribution < 1.29 is 4.42 Å². The van der Waals surface area contributed by atoms with E-state index in [1.807, 2.05) is 18.2 Å². The molecule has 2 N–H and O–H groups in total. The van der Waals surface area contributed by atoms with Crippen molar-refractivity contribution in [1.82, 2.24) is 4.98 Å². The molecule has 1 heterocycles. The minimum absolute atomic E-state index is 0.0580. The molecule has 2 aliphatic rings. The average molecular weight is 317 g/mol. The molecule has 0 aromatic heterocycles. The summed E-state index contributed by atoms with van der Waals surface area (Å²) in [5.41, 5.74) is 8.62. The van der Waals surface area contributed by atoms with E-state index in [9.17, 15) is 4.79 Å². The van der Waals surface area contributed by atoms with Crippen LogP contribution in [0, 0.1) is 0 Å². The number of rotatable bonds is 5. The van der Waals surface area contributed by atoms with Gasteiger partial charge in [0.15, 0.2) is 16.8 Å². The molecule has 1 aliphatic carbocycles. The lowest BCUT2D eigenvalue weighted by Crippen LogP contribution is -2.07. The van der Waals surface area contributed by atoms with Crippen LogP contribution >= 0.6 is 11.6 Å². The standard InChI is InChI=1S/C17H17ClN2O2/c18-12(2-1-7-19)8-11-3-5-14-16(9-11)22-17-10-13(21)4-6-15(17)20-14/h3-6,9-10,12H,1-2,7-8,19H2. The zero-order chi connectivity index (χ0) is 15.5. The summed E-state index contributed by atoms with van der Waals surface area (Å²) in [7, 11) is 0. The lowest BCUT2D eigenvalue weighted by molar-refractivity contribution is 0.611. The molecule has 1 atom stereocenters. The summed E-state index contributed by atoms with van der Waals surface area (Å²) in [5, 5.41) is 0.0580. The van der Waals surface area contributed by atoms with Crippen LogP contribution in [0.4, 0.5) is 0 Å².